The van der Waals surface area contributed by atoms with Crippen LogP contribution in [0.5, 0.6) is 5.75 Å². The molecule has 2 amide bonds. The molecule has 0 saturated carbocycles. The Bertz CT molecular complexity index is 990. The molecular weight excluding hydrogens is 368 g/mol. The Kier molecular flexibility index (Phi) is 4.78. The molecule has 4 rings (SSSR count). The van der Waals surface area contributed by atoms with E-state index < -0.39 is 0 Å². The molecule has 0 aliphatic carbocycles. The molecule has 0 atom stereocenters. The standard InChI is InChI=1S/C18H18N4O4S/c1-25-13-5-3-2-4-11(13)17(23)19-16-15-12(20-21-16)10-14(27-15)18(24)22-6-8-26-9-7-22/h2-5,10H,6-9H2,1H3,(H2,19,20,21,23). The Hall–Kier alpha value is -2.91. The Morgan fingerprint density at radius 3 is 2.85 bits per heavy atom. The minimum Gasteiger partial charge on any atom is -0.496 e. The molecule has 0 spiro atoms. The highest BCUT2D eigenvalue weighted by molar-refractivity contribution is 7.21. The SMILES string of the molecule is COc1ccccc1C(=O)Nc1n[nH]c2cc(C(=O)N3CCOCC3)sc12. The van der Waals surface area contributed by atoms with E-state index >= 15 is 0 Å². The van der Waals surface area contributed by atoms with Crippen molar-refractivity contribution >= 4 is 39.2 Å². The first-order valence-electron chi connectivity index (χ1n) is 8.46. The summed E-state index contributed by atoms with van der Waals surface area (Å²) in [7, 11) is 1.52. The van der Waals surface area contributed by atoms with Gasteiger partial charge in [0.05, 0.1) is 41.0 Å². The Morgan fingerprint density at radius 2 is 2.07 bits per heavy atom. The van der Waals surface area contributed by atoms with E-state index in [1.807, 2.05) is 0 Å². The smallest absolute Gasteiger partial charge is 0.264 e. The van der Waals surface area contributed by atoms with Crippen molar-refractivity contribution in [2.45, 2.75) is 0 Å². The normalized spacial score (nSPS) is 14.3. The number of nitrogens with one attached hydrogen (secondary N) is 2. The van der Waals surface area contributed by atoms with E-state index in [0.29, 0.717) is 53.8 Å². The van der Waals surface area contributed by atoms with E-state index in [9.17, 15) is 9.59 Å². The number of thiophene rings is 1. The van der Waals surface area contributed by atoms with Crippen LogP contribution in [0.3, 0.4) is 0 Å². The van der Waals surface area contributed by atoms with Crippen molar-refractivity contribution in [1.82, 2.24) is 15.1 Å². The second-order valence-corrected chi connectivity index (χ2v) is 7.04. The summed E-state index contributed by atoms with van der Waals surface area (Å²) in [4.78, 5) is 27.6. The molecule has 2 N–H and O–H groups in total. The number of rotatable bonds is 4. The molecule has 3 aromatic rings. The number of methoxy groups -OCH3 is 1. The summed E-state index contributed by atoms with van der Waals surface area (Å²) in [6.45, 7) is 2.27. The van der Waals surface area contributed by atoms with E-state index in [4.69, 9.17) is 9.47 Å². The van der Waals surface area contributed by atoms with E-state index in [1.54, 1.807) is 35.2 Å². The van der Waals surface area contributed by atoms with Crippen molar-refractivity contribution in [3.05, 3.63) is 40.8 Å². The van der Waals surface area contributed by atoms with E-state index in [2.05, 4.69) is 15.5 Å². The van der Waals surface area contributed by atoms with Gasteiger partial charge in [0.25, 0.3) is 11.8 Å². The summed E-state index contributed by atoms with van der Waals surface area (Å²) in [6.07, 6.45) is 0. The highest BCUT2D eigenvalue weighted by Crippen LogP contribution is 2.31. The average Bonchev–Trinajstić information content (AvgIpc) is 3.30. The quantitative estimate of drug-likeness (QED) is 0.718. The van der Waals surface area contributed by atoms with Gasteiger partial charge in [-0.25, -0.2) is 0 Å². The van der Waals surface area contributed by atoms with Gasteiger partial charge in [-0.2, -0.15) is 5.10 Å². The first kappa shape index (κ1) is 17.5. The van der Waals surface area contributed by atoms with E-state index in [-0.39, 0.29) is 11.8 Å². The summed E-state index contributed by atoms with van der Waals surface area (Å²) in [5.41, 5.74) is 1.13. The molecular formula is C18H18N4O4S. The number of para-hydroxylation sites is 1. The molecule has 27 heavy (non-hydrogen) atoms. The van der Waals surface area contributed by atoms with Crippen molar-refractivity contribution in [3.8, 4) is 5.75 Å². The van der Waals surface area contributed by atoms with E-state index in [1.165, 1.54) is 18.4 Å². The number of hydrogen-bond donors (Lipinski definition) is 2. The van der Waals surface area contributed by atoms with Gasteiger partial charge in [-0.1, -0.05) is 12.1 Å². The number of aromatic nitrogens is 2. The number of carbonyl (C=O) groups is 2. The molecule has 0 radical (unpaired) electrons. The minimum absolute atomic E-state index is 0.0325. The third-order valence-electron chi connectivity index (χ3n) is 4.33. The number of H-pyrrole nitrogens is 1. The first-order chi connectivity index (χ1) is 13.2. The number of anilines is 1. The number of benzene rings is 1. The highest BCUT2D eigenvalue weighted by atomic mass is 32.1. The number of nitrogens with zero attached hydrogens (tertiary/aromatic N) is 2. The van der Waals surface area contributed by atoms with Crippen LogP contribution in [0, 0.1) is 0 Å². The van der Waals surface area contributed by atoms with Crippen LogP contribution in [-0.2, 0) is 4.74 Å². The molecule has 8 nitrogen and oxygen atoms in total. The fourth-order valence-electron chi connectivity index (χ4n) is 2.94. The van der Waals surface area contributed by atoms with Crippen molar-refractivity contribution in [3.63, 3.8) is 0 Å². The van der Waals surface area contributed by atoms with Gasteiger partial charge in [0.2, 0.25) is 0 Å². The molecule has 0 unspecified atom stereocenters. The molecule has 1 saturated heterocycles. The number of amides is 2. The predicted molar refractivity (Wildman–Crippen MR) is 102 cm³/mol. The zero-order chi connectivity index (χ0) is 18.8. The van der Waals surface area contributed by atoms with Gasteiger partial charge in [0.1, 0.15) is 5.75 Å². The number of hydrogen-bond acceptors (Lipinski definition) is 6. The van der Waals surface area contributed by atoms with Gasteiger partial charge in [0, 0.05) is 13.1 Å². The fourth-order valence-corrected chi connectivity index (χ4v) is 3.96. The summed E-state index contributed by atoms with van der Waals surface area (Å²) in [5.74, 6) is 0.522. The second kappa shape index (κ2) is 7.37. The molecule has 1 aliphatic heterocycles. The number of aromatic amines is 1. The van der Waals surface area contributed by atoms with Gasteiger partial charge >= 0.3 is 0 Å². The van der Waals surface area contributed by atoms with Crippen LogP contribution in [0.15, 0.2) is 30.3 Å². The van der Waals surface area contributed by atoms with Gasteiger partial charge in [-0.15, -0.1) is 11.3 Å². The number of fused-ring (bicyclic) bond motifs is 1. The molecule has 2 aromatic heterocycles. The van der Waals surface area contributed by atoms with Crippen LogP contribution >= 0.6 is 11.3 Å². The van der Waals surface area contributed by atoms with Crippen molar-refractivity contribution < 1.29 is 19.1 Å². The van der Waals surface area contributed by atoms with Crippen molar-refractivity contribution in [2.24, 2.45) is 0 Å². The lowest BCUT2D eigenvalue weighted by Gasteiger charge is -2.26. The molecule has 140 valence electrons. The zero-order valence-electron chi connectivity index (χ0n) is 14.7. The van der Waals surface area contributed by atoms with E-state index in [0.717, 1.165) is 4.70 Å². The second-order valence-electron chi connectivity index (χ2n) is 5.98. The topological polar surface area (TPSA) is 96.5 Å². The lowest BCUT2D eigenvalue weighted by molar-refractivity contribution is 0.0306. The molecule has 1 aliphatic rings. The third-order valence-corrected chi connectivity index (χ3v) is 5.46. The molecule has 1 aromatic carbocycles. The van der Waals surface area contributed by atoms with Gasteiger partial charge in [-0.05, 0) is 18.2 Å². The Morgan fingerprint density at radius 1 is 1.30 bits per heavy atom. The monoisotopic (exact) mass is 386 g/mol. The van der Waals surface area contributed by atoms with Crippen LogP contribution in [0.1, 0.15) is 20.0 Å². The minimum atomic E-state index is -0.324. The molecule has 1 fully saturated rings. The van der Waals surface area contributed by atoms with Crippen molar-refractivity contribution in [1.29, 1.82) is 0 Å². The lowest BCUT2D eigenvalue weighted by atomic mass is 10.2. The average molecular weight is 386 g/mol. The summed E-state index contributed by atoms with van der Waals surface area (Å²) < 4.78 is 11.2. The molecule has 9 heteroatoms. The largest absolute Gasteiger partial charge is 0.496 e. The number of ether oxygens (including phenoxy) is 2. The summed E-state index contributed by atoms with van der Waals surface area (Å²) >= 11 is 1.31. The lowest BCUT2D eigenvalue weighted by Crippen LogP contribution is -2.40. The maximum absolute atomic E-state index is 12.6. The number of morpholine rings is 1. The van der Waals surface area contributed by atoms with Crippen LogP contribution in [-0.4, -0.2) is 60.3 Å². The number of carbonyl (C=O) groups excluding carboxylic acids is 2. The predicted octanol–water partition coefficient (Wildman–Crippen LogP) is 2.36. The van der Waals surface area contributed by atoms with Gasteiger partial charge in [-0.3, -0.25) is 14.7 Å². The fraction of sp³-hybridized carbons (Fsp3) is 0.278. The van der Waals surface area contributed by atoms with Crippen molar-refractivity contribution in [2.75, 3.05) is 38.7 Å². The summed E-state index contributed by atoms with van der Waals surface area (Å²) in [6, 6.07) is 8.73. The van der Waals surface area contributed by atoms with Gasteiger partial charge < -0.3 is 19.7 Å². The van der Waals surface area contributed by atoms with Crippen LogP contribution in [0.25, 0.3) is 10.2 Å². The first-order valence-corrected chi connectivity index (χ1v) is 9.28. The Balaban J connectivity index is 1.57. The van der Waals surface area contributed by atoms with Crippen LogP contribution in [0.4, 0.5) is 5.82 Å². The van der Waals surface area contributed by atoms with Crippen LogP contribution in [0.2, 0.25) is 0 Å². The molecule has 3 heterocycles. The maximum atomic E-state index is 12.6. The van der Waals surface area contributed by atoms with Gasteiger partial charge in [0.15, 0.2) is 5.82 Å². The summed E-state index contributed by atoms with van der Waals surface area (Å²) in [5, 5.41) is 9.82. The Labute approximate surface area is 159 Å². The molecule has 0 bridgehead atoms. The maximum Gasteiger partial charge on any atom is 0.264 e. The third kappa shape index (κ3) is 3.38. The highest BCUT2D eigenvalue weighted by Gasteiger charge is 2.23. The van der Waals surface area contributed by atoms with Crippen LogP contribution < -0.4 is 10.1 Å². The zero-order valence-corrected chi connectivity index (χ0v) is 15.5.